The van der Waals surface area contributed by atoms with E-state index in [0.29, 0.717) is 0 Å². The molecule has 3 heteroatoms. The Balaban J connectivity index is 1.97. The number of allylic oxidation sites excluding steroid dienone is 1. The molecule has 2 atom stereocenters. The van der Waals surface area contributed by atoms with E-state index in [1.807, 2.05) is 73.7 Å². The van der Waals surface area contributed by atoms with Crippen molar-refractivity contribution in [3.8, 4) is 0 Å². The molecule has 2 unspecified atom stereocenters. The summed E-state index contributed by atoms with van der Waals surface area (Å²) >= 11 is 0. The highest BCUT2D eigenvalue weighted by Gasteiger charge is 2.39. The van der Waals surface area contributed by atoms with Crippen LogP contribution >= 0.6 is 7.37 Å². The quantitative estimate of drug-likeness (QED) is 0.769. The van der Waals surface area contributed by atoms with Crippen molar-refractivity contribution in [2.24, 2.45) is 0 Å². The summed E-state index contributed by atoms with van der Waals surface area (Å²) < 4.78 is 18.9. The topological polar surface area (TPSA) is 26.3 Å². The summed E-state index contributed by atoms with van der Waals surface area (Å²) in [6.07, 6.45) is 1.96. The van der Waals surface area contributed by atoms with Gasteiger partial charge in [0.25, 0.3) is 7.37 Å². The molecule has 19 heavy (non-hydrogen) atoms. The van der Waals surface area contributed by atoms with Crippen LogP contribution in [0.25, 0.3) is 5.76 Å². The van der Waals surface area contributed by atoms with Crippen LogP contribution in [-0.4, -0.2) is 5.66 Å². The minimum absolute atomic E-state index is 0.0925. The van der Waals surface area contributed by atoms with Crippen molar-refractivity contribution in [2.75, 3.05) is 0 Å². The van der Waals surface area contributed by atoms with E-state index in [1.54, 1.807) is 0 Å². The molecule has 0 saturated heterocycles. The van der Waals surface area contributed by atoms with Gasteiger partial charge in [-0.05, 0) is 25.1 Å². The fourth-order valence-electron chi connectivity index (χ4n) is 2.25. The maximum atomic E-state index is 13.1. The third-order valence-electron chi connectivity index (χ3n) is 3.34. The van der Waals surface area contributed by atoms with Crippen molar-refractivity contribution in [1.82, 2.24) is 0 Å². The van der Waals surface area contributed by atoms with Crippen molar-refractivity contribution in [1.29, 1.82) is 0 Å². The van der Waals surface area contributed by atoms with Gasteiger partial charge < -0.3 is 4.52 Å². The molecule has 2 nitrogen and oxygen atoms in total. The van der Waals surface area contributed by atoms with Gasteiger partial charge in [-0.3, -0.25) is 4.57 Å². The number of hydrogen-bond acceptors (Lipinski definition) is 2. The van der Waals surface area contributed by atoms with Crippen LogP contribution in [0, 0.1) is 0 Å². The molecule has 0 amide bonds. The van der Waals surface area contributed by atoms with Crippen LogP contribution in [0.1, 0.15) is 12.5 Å². The highest BCUT2D eigenvalue weighted by molar-refractivity contribution is 7.68. The number of hydrogen-bond donors (Lipinski definition) is 0. The second kappa shape index (κ2) is 4.71. The van der Waals surface area contributed by atoms with Crippen molar-refractivity contribution in [3.05, 3.63) is 72.3 Å². The van der Waals surface area contributed by atoms with Gasteiger partial charge in [-0.25, -0.2) is 0 Å². The van der Waals surface area contributed by atoms with Crippen LogP contribution in [0.5, 0.6) is 0 Å². The number of benzene rings is 2. The van der Waals surface area contributed by atoms with Crippen LogP contribution < -0.4 is 5.30 Å². The van der Waals surface area contributed by atoms with Crippen molar-refractivity contribution in [3.63, 3.8) is 0 Å². The summed E-state index contributed by atoms with van der Waals surface area (Å²) in [5.41, 5.74) is 0.883. The zero-order valence-corrected chi connectivity index (χ0v) is 11.6. The standard InChI is InChI=1S/C16H15O2P/c1-13-12-16(14-8-4-2-5-9-14)18-19(13,17)15-10-6-3-7-11-15/h2-13H,1H3. The molecule has 1 aliphatic heterocycles. The van der Waals surface area contributed by atoms with E-state index in [2.05, 4.69) is 0 Å². The zero-order chi connectivity index (χ0) is 13.3. The third kappa shape index (κ3) is 2.13. The van der Waals surface area contributed by atoms with Gasteiger partial charge in [0.2, 0.25) is 0 Å². The number of rotatable bonds is 2. The van der Waals surface area contributed by atoms with E-state index in [-0.39, 0.29) is 5.66 Å². The Morgan fingerprint density at radius 2 is 1.53 bits per heavy atom. The van der Waals surface area contributed by atoms with Crippen LogP contribution in [0.15, 0.2) is 66.7 Å². The van der Waals surface area contributed by atoms with Gasteiger partial charge in [0.05, 0.1) is 5.66 Å². The monoisotopic (exact) mass is 270 g/mol. The first-order valence-corrected chi connectivity index (χ1v) is 8.02. The Kier molecular flexibility index (Phi) is 3.04. The van der Waals surface area contributed by atoms with Crippen LogP contribution in [0.3, 0.4) is 0 Å². The van der Waals surface area contributed by atoms with Crippen molar-refractivity contribution >= 4 is 18.4 Å². The fourth-order valence-corrected chi connectivity index (χ4v) is 4.37. The molecule has 2 aromatic carbocycles. The first-order valence-electron chi connectivity index (χ1n) is 6.32. The molecule has 2 aromatic rings. The summed E-state index contributed by atoms with van der Waals surface area (Å²) in [5, 5.41) is 0.782. The predicted molar refractivity (Wildman–Crippen MR) is 78.6 cm³/mol. The van der Waals surface area contributed by atoms with Crippen molar-refractivity contribution in [2.45, 2.75) is 12.6 Å². The maximum absolute atomic E-state index is 13.1. The normalized spacial score (nSPS) is 25.7. The van der Waals surface area contributed by atoms with E-state index < -0.39 is 7.37 Å². The SMILES string of the molecule is CC1C=C(c2ccccc2)OP1(=O)c1ccccc1. The summed E-state index contributed by atoms with van der Waals surface area (Å²) in [7, 11) is -2.83. The van der Waals surface area contributed by atoms with E-state index in [1.165, 1.54) is 0 Å². The third-order valence-corrected chi connectivity index (χ3v) is 6.04. The van der Waals surface area contributed by atoms with Gasteiger partial charge in [-0.15, -0.1) is 0 Å². The minimum atomic E-state index is -2.83. The van der Waals surface area contributed by atoms with E-state index in [9.17, 15) is 4.57 Å². The van der Waals surface area contributed by atoms with Crippen LogP contribution in [0.4, 0.5) is 0 Å². The van der Waals surface area contributed by atoms with Crippen LogP contribution in [0.2, 0.25) is 0 Å². The highest BCUT2D eigenvalue weighted by Crippen LogP contribution is 2.59. The average molecular weight is 270 g/mol. The molecule has 0 aliphatic carbocycles. The van der Waals surface area contributed by atoms with Gasteiger partial charge in [0.15, 0.2) is 0 Å². The lowest BCUT2D eigenvalue weighted by Crippen LogP contribution is -2.10. The molecular weight excluding hydrogens is 255 g/mol. The van der Waals surface area contributed by atoms with E-state index in [4.69, 9.17) is 4.52 Å². The van der Waals surface area contributed by atoms with Gasteiger partial charge in [-0.2, -0.15) is 0 Å². The molecule has 0 saturated carbocycles. The molecule has 0 fully saturated rings. The first-order chi connectivity index (χ1) is 9.20. The Labute approximate surface area is 113 Å². The summed E-state index contributed by atoms with van der Waals surface area (Å²) in [4.78, 5) is 0. The van der Waals surface area contributed by atoms with E-state index in [0.717, 1.165) is 16.6 Å². The average Bonchev–Trinajstić information content (AvgIpc) is 2.78. The summed E-state index contributed by atoms with van der Waals surface area (Å²) in [6.45, 7) is 1.95. The molecular formula is C16H15O2P. The summed E-state index contributed by atoms with van der Waals surface area (Å²) in [6, 6.07) is 19.3. The highest BCUT2D eigenvalue weighted by atomic mass is 31.2. The van der Waals surface area contributed by atoms with Crippen LogP contribution in [-0.2, 0) is 9.09 Å². The molecule has 0 spiro atoms. The Morgan fingerprint density at radius 3 is 2.16 bits per heavy atom. The second-order valence-electron chi connectivity index (χ2n) is 4.66. The van der Waals surface area contributed by atoms with Gasteiger partial charge in [-0.1, -0.05) is 48.5 Å². The molecule has 96 valence electrons. The lowest BCUT2D eigenvalue weighted by atomic mass is 10.2. The smallest absolute Gasteiger partial charge is 0.283 e. The lowest BCUT2D eigenvalue weighted by molar-refractivity contribution is 0.478. The Hall–Kier alpha value is -1.79. The Morgan fingerprint density at radius 1 is 0.947 bits per heavy atom. The summed E-state index contributed by atoms with van der Waals surface area (Å²) in [5.74, 6) is 0.722. The van der Waals surface area contributed by atoms with Gasteiger partial charge >= 0.3 is 0 Å². The molecule has 1 heterocycles. The Bertz CT molecular complexity index is 647. The molecule has 0 radical (unpaired) electrons. The van der Waals surface area contributed by atoms with E-state index >= 15 is 0 Å². The first kappa shape index (κ1) is 12.3. The largest absolute Gasteiger partial charge is 0.439 e. The zero-order valence-electron chi connectivity index (χ0n) is 10.7. The second-order valence-corrected chi connectivity index (χ2v) is 7.37. The van der Waals surface area contributed by atoms with Gasteiger partial charge in [0.1, 0.15) is 5.76 Å². The van der Waals surface area contributed by atoms with Crippen molar-refractivity contribution < 1.29 is 9.09 Å². The molecule has 0 bridgehead atoms. The fraction of sp³-hybridized carbons (Fsp3) is 0.125. The van der Waals surface area contributed by atoms with Gasteiger partial charge in [0, 0.05) is 10.9 Å². The molecule has 0 N–H and O–H groups in total. The minimum Gasteiger partial charge on any atom is -0.439 e. The molecule has 1 aliphatic rings. The maximum Gasteiger partial charge on any atom is 0.283 e. The lowest BCUT2D eigenvalue weighted by Gasteiger charge is -2.17. The predicted octanol–water partition coefficient (Wildman–Crippen LogP) is 4.05. The molecule has 0 aromatic heterocycles. The molecule has 3 rings (SSSR count).